The highest BCUT2D eigenvalue weighted by Crippen LogP contribution is 2.22. The highest BCUT2D eigenvalue weighted by molar-refractivity contribution is 6.35. The summed E-state index contributed by atoms with van der Waals surface area (Å²) < 4.78 is 2.00. The number of benzene rings is 1. The fraction of sp³-hybridized carbons (Fsp3) is 0.400. The molecule has 5 heteroatoms. The van der Waals surface area contributed by atoms with Gasteiger partial charge in [-0.05, 0) is 44.0 Å². The summed E-state index contributed by atoms with van der Waals surface area (Å²) in [5, 5.41) is 5.76. The number of nitrogens with zero attached hydrogens (tertiary/aromatic N) is 2. The first kappa shape index (κ1) is 15.4. The molecular weight excluding hydrogens is 293 g/mol. The van der Waals surface area contributed by atoms with Crippen LogP contribution in [0, 0.1) is 6.92 Å². The lowest BCUT2D eigenvalue weighted by molar-refractivity contribution is 0.574. The lowest BCUT2D eigenvalue weighted by atomic mass is 10.0. The number of hydrogen-bond donors (Lipinski definition) is 1. The number of halogens is 2. The molecule has 1 unspecified atom stereocenters. The van der Waals surface area contributed by atoms with Crippen molar-refractivity contribution in [1.82, 2.24) is 9.78 Å². The van der Waals surface area contributed by atoms with Crippen LogP contribution in [0.2, 0.25) is 10.0 Å². The number of hydrogen-bond acceptors (Lipinski definition) is 2. The zero-order valence-electron chi connectivity index (χ0n) is 11.7. The Bertz CT molecular complexity index is 593. The minimum absolute atomic E-state index is 0.00933. The average Bonchev–Trinajstić information content (AvgIpc) is 2.73. The number of nitrogens with two attached hydrogens (primary N) is 1. The van der Waals surface area contributed by atoms with Crippen molar-refractivity contribution in [1.29, 1.82) is 0 Å². The molecule has 2 N–H and O–H groups in total. The van der Waals surface area contributed by atoms with E-state index < -0.39 is 0 Å². The normalized spacial score (nSPS) is 12.7. The van der Waals surface area contributed by atoms with E-state index >= 15 is 0 Å². The summed E-state index contributed by atoms with van der Waals surface area (Å²) in [7, 11) is 0. The molecule has 108 valence electrons. The maximum absolute atomic E-state index is 6.24. The molecule has 1 aromatic heterocycles. The van der Waals surface area contributed by atoms with Gasteiger partial charge in [0.2, 0.25) is 0 Å². The van der Waals surface area contributed by atoms with Crippen LogP contribution in [-0.2, 0) is 19.4 Å². The highest BCUT2D eigenvalue weighted by atomic mass is 35.5. The van der Waals surface area contributed by atoms with E-state index in [-0.39, 0.29) is 6.04 Å². The van der Waals surface area contributed by atoms with Crippen molar-refractivity contribution in [2.24, 2.45) is 5.73 Å². The van der Waals surface area contributed by atoms with Gasteiger partial charge in [0.15, 0.2) is 0 Å². The van der Waals surface area contributed by atoms with Gasteiger partial charge in [-0.2, -0.15) is 5.10 Å². The van der Waals surface area contributed by atoms with Crippen LogP contribution in [0.3, 0.4) is 0 Å². The molecule has 2 rings (SSSR count). The van der Waals surface area contributed by atoms with Crippen molar-refractivity contribution in [3.8, 4) is 0 Å². The predicted molar refractivity (Wildman–Crippen MR) is 84.5 cm³/mol. The molecule has 0 radical (unpaired) electrons. The molecule has 0 aliphatic rings. The Morgan fingerprint density at radius 2 is 2.00 bits per heavy atom. The standard InChI is InChI=1S/C15H19Cl2N3/c1-3-20-14(6-10(2)19-20)9-13(18)7-11-4-5-12(16)8-15(11)17/h4-6,8,13H,3,7,9,18H2,1-2H3. The summed E-state index contributed by atoms with van der Waals surface area (Å²) in [5.74, 6) is 0. The summed E-state index contributed by atoms with van der Waals surface area (Å²) >= 11 is 12.1. The summed E-state index contributed by atoms with van der Waals surface area (Å²) in [6.45, 7) is 4.94. The Hall–Kier alpha value is -1.03. The Kier molecular flexibility index (Phi) is 5.08. The lowest BCUT2D eigenvalue weighted by Crippen LogP contribution is -2.27. The van der Waals surface area contributed by atoms with Crippen molar-refractivity contribution >= 4 is 23.2 Å². The Morgan fingerprint density at radius 1 is 1.25 bits per heavy atom. The summed E-state index contributed by atoms with van der Waals surface area (Å²) in [6.07, 6.45) is 1.51. The van der Waals surface area contributed by atoms with E-state index in [1.165, 1.54) is 5.69 Å². The molecule has 0 spiro atoms. The highest BCUT2D eigenvalue weighted by Gasteiger charge is 2.12. The van der Waals surface area contributed by atoms with Crippen LogP contribution >= 0.6 is 23.2 Å². The molecule has 0 saturated carbocycles. The zero-order chi connectivity index (χ0) is 14.7. The molecule has 0 aliphatic heterocycles. The third kappa shape index (κ3) is 3.75. The van der Waals surface area contributed by atoms with Gasteiger partial charge in [-0.15, -0.1) is 0 Å². The molecule has 0 bridgehead atoms. The van der Waals surface area contributed by atoms with Crippen LogP contribution in [0.5, 0.6) is 0 Å². The van der Waals surface area contributed by atoms with Gasteiger partial charge in [-0.3, -0.25) is 4.68 Å². The third-order valence-electron chi connectivity index (χ3n) is 3.25. The lowest BCUT2D eigenvalue weighted by Gasteiger charge is -2.13. The van der Waals surface area contributed by atoms with Crippen molar-refractivity contribution in [3.63, 3.8) is 0 Å². The van der Waals surface area contributed by atoms with E-state index in [0.717, 1.165) is 30.6 Å². The van der Waals surface area contributed by atoms with Crippen LogP contribution < -0.4 is 5.73 Å². The van der Waals surface area contributed by atoms with Gasteiger partial charge in [0.05, 0.1) is 5.69 Å². The zero-order valence-corrected chi connectivity index (χ0v) is 13.2. The summed E-state index contributed by atoms with van der Waals surface area (Å²) in [4.78, 5) is 0. The Labute approximate surface area is 129 Å². The molecule has 20 heavy (non-hydrogen) atoms. The predicted octanol–water partition coefficient (Wildman–Crippen LogP) is 3.63. The molecule has 3 nitrogen and oxygen atoms in total. The average molecular weight is 312 g/mol. The van der Waals surface area contributed by atoms with Gasteiger partial charge in [0.25, 0.3) is 0 Å². The van der Waals surface area contributed by atoms with Gasteiger partial charge in [-0.1, -0.05) is 29.3 Å². The number of aryl methyl sites for hydroxylation is 2. The topological polar surface area (TPSA) is 43.8 Å². The van der Waals surface area contributed by atoms with E-state index in [2.05, 4.69) is 18.1 Å². The molecule has 1 aromatic carbocycles. The molecular formula is C15H19Cl2N3. The monoisotopic (exact) mass is 311 g/mol. The number of rotatable bonds is 5. The molecule has 2 aromatic rings. The van der Waals surface area contributed by atoms with Crippen LogP contribution in [0.1, 0.15) is 23.9 Å². The smallest absolute Gasteiger partial charge is 0.0596 e. The van der Waals surface area contributed by atoms with Crippen molar-refractivity contribution in [2.45, 2.75) is 39.3 Å². The van der Waals surface area contributed by atoms with Gasteiger partial charge >= 0.3 is 0 Å². The van der Waals surface area contributed by atoms with Crippen LogP contribution in [0.4, 0.5) is 0 Å². The SMILES string of the molecule is CCn1nc(C)cc1CC(N)Cc1ccc(Cl)cc1Cl. The molecule has 0 saturated heterocycles. The first-order valence-electron chi connectivity index (χ1n) is 6.72. The van der Waals surface area contributed by atoms with Gasteiger partial charge < -0.3 is 5.73 Å². The van der Waals surface area contributed by atoms with Crippen LogP contribution in [0.25, 0.3) is 0 Å². The fourth-order valence-electron chi connectivity index (χ4n) is 2.35. The van der Waals surface area contributed by atoms with Crippen molar-refractivity contribution in [2.75, 3.05) is 0 Å². The molecule has 0 amide bonds. The summed E-state index contributed by atoms with van der Waals surface area (Å²) in [6, 6.07) is 7.64. The van der Waals surface area contributed by atoms with E-state index in [9.17, 15) is 0 Å². The summed E-state index contributed by atoms with van der Waals surface area (Å²) in [5.41, 5.74) is 9.47. The Balaban J connectivity index is 2.06. The Morgan fingerprint density at radius 3 is 2.65 bits per heavy atom. The van der Waals surface area contributed by atoms with Gasteiger partial charge in [0, 0.05) is 34.7 Å². The second-order valence-corrected chi connectivity index (χ2v) is 5.84. The first-order valence-corrected chi connectivity index (χ1v) is 7.48. The molecule has 1 heterocycles. The first-order chi connectivity index (χ1) is 9.49. The number of aromatic nitrogens is 2. The molecule has 1 atom stereocenters. The van der Waals surface area contributed by atoms with Gasteiger partial charge in [-0.25, -0.2) is 0 Å². The van der Waals surface area contributed by atoms with Gasteiger partial charge in [0.1, 0.15) is 0 Å². The maximum Gasteiger partial charge on any atom is 0.0596 e. The van der Waals surface area contributed by atoms with Crippen molar-refractivity contribution < 1.29 is 0 Å². The van der Waals surface area contributed by atoms with Crippen molar-refractivity contribution in [3.05, 3.63) is 51.3 Å². The quantitative estimate of drug-likeness (QED) is 0.916. The third-order valence-corrected chi connectivity index (χ3v) is 3.84. The van der Waals surface area contributed by atoms with E-state index in [0.29, 0.717) is 10.0 Å². The van der Waals surface area contributed by atoms with E-state index in [4.69, 9.17) is 28.9 Å². The second kappa shape index (κ2) is 6.61. The van der Waals surface area contributed by atoms with E-state index in [1.807, 2.05) is 23.7 Å². The second-order valence-electron chi connectivity index (χ2n) is 5.00. The maximum atomic E-state index is 6.24. The largest absolute Gasteiger partial charge is 0.327 e. The fourth-order valence-corrected chi connectivity index (χ4v) is 2.83. The van der Waals surface area contributed by atoms with Crippen LogP contribution in [-0.4, -0.2) is 15.8 Å². The molecule has 0 aliphatic carbocycles. The van der Waals surface area contributed by atoms with Crippen LogP contribution in [0.15, 0.2) is 24.3 Å². The minimum atomic E-state index is 0.00933. The molecule has 0 fully saturated rings. The minimum Gasteiger partial charge on any atom is -0.327 e. The van der Waals surface area contributed by atoms with E-state index in [1.54, 1.807) is 6.07 Å².